The summed E-state index contributed by atoms with van der Waals surface area (Å²) in [5.41, 5.74) is 3.10. The second-order valence-electron chi connectivity index (χ2n) is 6.65. The number of aromatic amines is 1. The first kappa shape index (κ1) is 16.1. The van der Waals surface area contributed by atoms with Gasteiger partial charge in [0.15, 0.2) is 5.69 Å². The van der Waals surface area contributed by atoms with E-state index in [0.29, 0.717) is 36.6 Å². The van der Waals surface area contributed by atoms with Crippen LogP contribution in [-0.2, 0) is 24.2 Å². The van der Waals surface area contributed by atoms with Gasteiger partial charge >= 0.3 is 0 Å². The number of hydrogen-bond acceptors (Lipinski definition) is 3. The summed E-state index contributed by atoms with van der Waals surface area (Å²) in [5.74, 6) is -0.119. The fourth-order valence-corrected chi connectivity index (χ4v) is 3.32. The highest BCUT2D eigenvalue weighted by atomic mass is 35.5. The van der Waals surface area contributed by atoms with Gasteiger partial charge in [0, 0.05) is 41.8 Å². The van der Waals surface area contributed by atoms with E-state index in [0.717, 1.165) is 29.7 Å². The lowest BCUT2D eigenvalue weighted by molar-refractivity contribution is -0.131. The van der Waals surface area contributed by atoms with Gasteiger partial charge in [-0.25, -0.2) is 0 Å². The van der Waals surface area contributed by atoms with Crippen LogP contribution in [0.15, 0.2) is 24.3 Å². The number of halogens is 1. The lowest BCUT2D eigenvalue weighted by Gasteiger charge is -2.27. The quantitative estimate of drug-likeness (QED) is 0.878. The summed E-state index contributed by atoms with van der Waals surface area (Å²) in [4.78, 5) is 26.7. The molecule has 2 aliphatic rings. The summed E-state index contributed by atoms with van der Waals surface area (Å²) < 4.78 is 0. The molecule has 1 aromatic heterocycles. The molecule has 2 N–H and O–H groups in total. The number of carbonyl (C=O) groups is 2. The fourth-order valence-electron chi connectivity index (χ4n) is 3.11. The van der Waals surface area contributed by atoms with Crippen LogP contribution in [0.1, 0.15) is 40.2 Å². The SMILES string of the molecule is O=C(NC1CC1)c1n[nH]c2c1CN(C(=O)Cc1cccc(Cl)c1)CC2. The van der Waals surface area contributed by atoms with E-state index in [4.69, 9.17) is 11.6 Å². The van der Waals surface area contributed by atoms with Crippen LogP contribution in [0.5, 0.6) is 0 Å². The van der Waals surface area contributed by atoms with Gasteiger partial charge < -0.3 is 10.2 Å². The molecule has 7 heteroatoms. The molecule has 0 unspecified atom stereocenters. The molecule has 4 rings (SSSR count). The van der Waals surface area contributed by atoms with Crippen molar-refractivity contribution in [2.75, 3.05) is 6.54 Å². The Hall–Kier alpha value is -2.34. The number of rotatable bonds is 4. The van der Waals surface area contributed by atoms with Gasteiger partial charge in [0.2, 0.25) is 5.91 Å². The van der Waals surface area contributed by atoms with E-state index in [1.807, 2.05) is 12.1 Å². The maximum Gasteiger partial charge on any atom is 0.272 e. The number of hydrogen-bond donors (Lipinski definition) is 2. The first-order valence-electron chi connectivity index (χ1n) is 8.49. The third kappa shape index (κ3) is 3.54. The van der Waals surface area contributed by atoms with E-state index in [1.165, 1.54) is 0 Å². The molecule has 6 nitrogen and oxygen atoms in total. The van der Waals surface area contributed by atoms with Crippen molar-refractivity contribution in [1.29, 1.82) is 0 Å². The molecule has 1 aromatic carbocycles. The van der Waals surface area contributed by atoms with E-state index in [9.17, 15) is 9.59 Å². The monoisotopic (exact) mass is 358 g/mol. The van der Waals surface area contributed by atoms with Crippen LogP contribution in [-0.4, -0.2) is 39.5 Å². The Morgan fingerprint density at radius 1 is 1.36 bits per heavy atom. The normalized spacial score (nSPS) is 16.4. The maximum absolute atomic E-state index is 12.6. The van der Waals surface area contributed by atoms with Crippen molar-refractivity contribution in [2.24, 2.45) is 0 Å². The van der Waals surface area contributed by atoms with Crippen molar-refractivity contribution in [3.8, 4) is 0 Å². The zero-order valence-corrected chi connectivity index (χ0v) is 14.5. The highest BCUT2D eigenvalue weighted by molar-refractivity contribution is 6.30. The van der Waals surface area contributed by atoms with E-state index in [1.54, 1.807) is 17.0 Å². The van der Waals surface area contributed by atoms with Gasteiger partial charge in [-0.15, -0.1) is 0 Å². The van der Waals surface area contributed by atoms with E-state index in [2.05, 4.69) is 15.5 Å². The van der Waals surface area contributed by atoms with Gasteiger partial charge in [0.25, 0.3) is 5.91 Å². The van der Waals surface area contributed by atoms with Crippen molar-refractivity contribution >= 4 is 23.4 Å². The summed E-state index contributed by atoms with van der Waals surface area (Å²) in [6.07, 6.45) is 3.04. The smallest absolute Gasteiger partial charge is 0.272 e. The Morgan fingerprint density at radius 3 is 2.96 bits per heavy atom. The molecule has 25 heavy (non-hydrogen) atoms. The van der Waals surface area contributed by atoms with Gasteiger partial charge in [-0.2, -0.15) is 5.10 Å². The number of carbonyl (C=O) groups excluding carboxylic acids is 2. The lowest BCUT2D eigenvalue weighted by Crippen LogP contribution is -2.37. The molecule has 0 bridgehead atoms. The Labute approximate surface area is 150 Å². The molecule has 130 valence electrons. The molecule has 2 heterocycles. The predicted octanol–water partition coefficient (Wildman–Crippen LogP) is 2.08. The van der Waals surface area contributed by atoms with Crippen LogP contribution in [0.25, 0.3) is 0 Å². The zero-order chi connectivity index (χ0) is 17.4. The highest BCUT2D eigenvalue weighted by Crippen LogP contribution is 2.24. The average Bonchev–Trinajstić information content (AvgIpc) is 3.30. The minimum atomic E-state index is -0.149. The van der Waals surface area contributed by atoms with Crippen molar-refractivity contribution in [1.82, 2.24) is 20.4 Å². The number of nitrogens with zero attached hydrogens (tertiary/aromatic N) is 2. The van der Waals surface area contributed by atoms with Crippen LogP contribution >= 0.6 is 11.6 Å². The molecule has 0 saturated heterocycles. The molecule has 0 radical (unpaired) electrons. The Kier molecular flexibility index (Phi) is 4.21. The largest absolute Gasteiger partial charge is 0.348 e. The third-order valence-corrected chi connectivity index (χ3v) is 4.89. The second kappa shape index (κ2) is 6.52. The minimum Gasteiger partial charge on any atom is -0.348 e. The van der Waals surface area contributed by atoms with Crippen molar-refractivity contribution in [3.63, 3.8) is 0 Å². The molecule has 0 spiro atoms. The molecule has 1 saturated carbocycles. The topological polar surface area (TPSA) is 78.1 Å². The highest BCUT2D eigenvalue weighted by Gasteiger charge is 2.30. The first-order chi connectivity index (χ1) is 12.1. The lowest BCUT2D eigenvalue weighted by atomic mass is 10.0. The van der Waals surface area contributed by atoms with Crippen molar-refractivity contribution < 1.29 is 9.59 Å². The molecule has 1 fully saturated rings. The molecule has 2 aromatic rings. The van der Waals surface area contributed by atoms with Gasteiger partial charge in [0.05, 0.1) is 6.42 Å². The summed E-state index contributed by atoms with van der Waals surface area (Å²) in [7, 11) is 0. The Balaban J connectivity index is 1.47. The van der Waals surface area contributed by atoms with Crippen molar-refractivity contribution in [3.05, 3.63) is 51.8 Å². The van der Waals surface area contributed by atoms with E-state index >= 15 is 0 Å². The van der Waals surface area contributed by atoms with E-state index in [-0.39, 0.29) is 17.9 Å². The average molecular weight is 359 g/mol. The standard InChI is InChI=1S/C18H19ClN4O2/c19-12-3-1-2-11(8-12)9-16(24)23-7-6-15-14(10-23)17(22-21-15)18(25)20-13-4-5-13/h1-3,8,13H,4-7,9-10H2,(H,20,25)(H,21,22). The van der Waals surface area contributed by atoms with Gasteiger partial charge in [-0.1, -0.05) is 23.7 Å². The maximum atomic E-state index is 12.6. The van der Waals surface area contributed by atoms with E-state index < -0.39 is 0 Å². The number of benzene rings is 1. The molecule has 1 aliphatic heterocycles. The molecule has 2 amide bonds. The molecule has 0 atom stereocenters. The number of aromatic nitrogens is 2. The van der Waals surface area contributed by atoms with Gasteiger partial charge in [0.1, 0.15) is 0 Å². The molecular weight excluding hydrogens is 340 g/mol. The van der Waals surface area contributed by atoms with Crippen LogP contribution in [0, 0.1) is 0 Å². The summed E-state index contributed by atoms with van der Waals surface area (Å²) in [6, 6.07) is 7.62. The molecule has 1 aliphatic carbocycles. The minimum absolute atomic E-state index is 0.0302. The number of nitrogens with one attached hydrogen (secondary N) is 2. The Bertz CT molecular complexity index is 828. The van der Waals surface area contributed by atoms with Gasteiger partial charge in [-0.05, 0) is 30.5 Å². The van der Waals surface area contributed by atoms with Crippen LogP contribution in [0.2, 0.25) is 5.02 Å². The summed E-state index contributed by atoms with van der Waals surface area (Å²) in [6.45, 7) is 1.04. The van der Waals surface area contributed by atoms with Crippen LogP contribution in [0.3, 0.4) is 0 Å². The number of H-pyrrole nitrogens is 1. The summed E-state index contributed by atoms with van der Waals surface area (Å²) in [5, 5.41) is 10.7. The third-order valence-electron chi connectivity index (χ3n) is 4.66. The summed E-state index contributed by atoms with van der Waals surface area (Å²) >= 11 is 5.99. The number of amides is 2. The first-order valence-corrected chi connectivity index (χ1v) is 8.87. The Morgan fingerprint density at radius 2 is 2.20 bits per heavy atom. The van der Waals surface area contributed by atoms with Crippen molar-refractivity contribution in [2.45, 2.75) is 38.3 Å². The second-order valence-corrected chi connectivity index (χ2v) is 7.09. The number of fused-ring (bicyclic) bond motifs is 1. The van der Waals surface area contributed by atoms with Crippen LogP contribution in [0.4, 0.5) is 0 Å². The fraction of sp³-hybridized carbons (Fsp3) is 0.389. The zero-order valence-electron chi connectivity index (χ0n) is 13.7. The predicted molar refractivity (Wildman–Crippen MR) is 93.4 cm³/mol. The molecular formula is C18H19ClN4O2. The van der Waals surface area contributed by atoms with Gasteiger partial charge in [-0.3, -0.25) is 14.7 Å². The van der Waals surface area contributed by atoms with Crippen LogP contribution < -0.4 is 5.32 Å².